The number of anilines is 1. The van der Waals surface area contributed by atoms with Gasteiger partial charge in [0, 0.05) is 29.4 Å². The van der Waals surface area contributed by atoms with Crippen LogP contribution in [0.15, 0.2) is 66.2 Å². The van der Waals surface area contributed by atoms with Crippen LogP contribution in [0.3, 0.4) is 0 Å². The molecule has 9 nitrogen and oxygen atoms in total. The number of nitrogens with zero attached hydrogens (tertiary/aromatic N) is 1. The van der Waals surface area contributed by atoms with E-state index in [9.17, 15) is 29.4 Å². The number of aromatic hydroxyl groups is 1. The number of carbonyl (C=O) groups is 4. The Morgan fingerprint density at radius 2 is 1.75 bits per heavy atom. The minimum absolute atomic E-state index is 0.0644. The van der Waals surface area contributed by atoms with Crippen LogP contribution in [-0.4, -0.2) is 52.1 Å². The highest BCUT2D eigenvalue weighted by Crippen LogP contribution is 2.33. The van der Waals surface area contributed by atoms with Gasteiger partial charge in [0.25, 0.3) is 11.8 Å². The number of aliphatic hydroxyl groups is 1. The Kier molecular flexibility index (Phi) is 8.33. The van der Waals surface area contributed by atoms with Crippen LogP contribution in [0, 0.1) is 0 Å². The fraction of sp³-hybridized carbons (Fsp3) is 0.226. The molecule has 0 saturated carbocycles. The molecular weight excluding hydrogens is 512 g/mol. The first kappa shape index (κ1) is 28.1. The number of hydrogen-bond donors (Lipinski definition) is 3. The minimum atomic E-state index is -0.566. The molecule has 1 saturated heterocycles. The molecule has 0 unspecified atom stereocenters. The highest BCUT2D eigenvalue weighted by molar-refractivity contribution is 6.28. The predicted octanol–water partition coefficient (Wildman–Crippen LogP) is 4.69. The van der Waals surface area contributed by atoms with Gasteiger partial charge < -0.3 is 25.2 Å². The molecule has 3 N–H and O–H groups in total. The summed E-state index contributed by atoms with van der Waals surface area (Å²) in [6.45, 7) is 3.42. The molecule has 1 aliphatic heterocycles. The lowest BCUT2D eigenvalue weighted by Gasteiger charge is -2.15. The maximum Gasteiger partial charge on any atom is 0.261 e. The molecule has 1 aliphatic rings. The second-order valence-electron chi connectivity index (χ2n) is 9.58. The molecule has 0 aliphatic carbocycles. The van der Waals surface area contributed by atoms with E-state index in [-0.39, 0.29) is 46.9 Å². The number of Topliss-reactive ketones (excluding diaryl/α,β-unsaturated/α-hetero) is 2. The standard InChI is InChI=1S/C31H30N2O7/c1-4-7-24-26(13-12-23(18(2)34)29(24)37)40-17-19-8-5-11-22(14-19)32-30(38)21-10-6-9-20(15-21)28(36)27-25(35)16-33(3)31(27)39/h5-6,8-15,36-37H,4,7,16-17H2,1-3H3,(H,32,38). The number of phenols is 1. The topological polar surface area (TPSA) is 133 Å². The number of phenolic OH excluding ortho intramolecular Hbond substituents is 1. The van der Waals surface area contributed by atoms with Gasteiger partial charge >= 0.3 is 0 Å². The Balaban J connectivity index is 1.49. The molecule has 4 rings (SSSR count). The van der Waals surface area contributed by atoms with Crippen LogP contribution in [0.2, 0.25) is 0 Å². The van der Waals surface area contributed by atoms with Gasteiger partial charge in [-0.1, -0.05) is 37.6 Å². The number of nitrogens with one attached hydrogen (secondary N) is 1. The van der Waals surface area contributed by atoms with Crippen LogP contribution >= 0.6 is 0 Å². The van der Waals surface area contributed by atoms with Crippen molar-refractivity contribution in [2.75, 3.05) is 18.9 Å². The van der Waals surface area contributed by atoms with Crippen molar-refractivity contribution >= 4 is 34.8 Å². The van der Waals surface area contributed by atoms with E-state index in [1.165, 1.54) is 31.0 Å². The van der Waals surface area contributed by atoms with E-state index < -0.39 is 23.4 Å². The highest BCUT2D eigenvalue weighted by atomic mass is 16.5. The van der Waals surface area contributed by atoms with E-state index in [4.69, 9.17) is 4.74 Å². The van der Waals surface area contributed by atoms with E-state index in [1.807, 2.05) is 13.0 Å². The summed E-state index contributed by atoms with van der Waals surface area (Å²) in [5.41, 5.74) is 2.21. The number of aliphatic hydroxyl groups excluding tert-OH is 1. The summed E-state index contributed by atoms with van der Waals surface area (Å²) < 4.78 is 5.98. The van der Waals surface area contributed by atoms with Gasteiger partial charge in [0.2, 0.25) is 0 Å². The summed E-state index contributed by atoms with van der Waals surface area (Å²) >= 11 is 0. The monoisotopic (exact) mass is 542 g/mol. The number of ketones is 2. The van der Waals surface area contributed by atoms with Crippen molar-refractivity contribution in [2.24, 2.45) is 0 Å². The maximum absolute atomic E-state index is 13.0. The first-order valence-corrected chi connectivity index (χ1v) is 12.8. The van der Waals surface area contributed by atoms with E-state index >= 15 is 0 Å². The van der Waals surface area contributed by atoms with Gasteiger partial charge in [-0.05, 0) is 55.3 Å². The Bertz CT molecular complexity index is 1540. The number of hydrogen-bond acceptors (Lipinski definition) is 7. The zero-order valence-corrected chi connectivity index (χ0v) is 22.5. The number of likely N-dealkylation sites (N-methyl/N-ethyl adjacent to an activating group) is 1. The van der Waals surface area contributed by atoms with E-state index in [0.717, 1.165) is 12.0 Å². The highest BCUT2D eigenvalue weighted by Gasteiger charge is 2.34. The number of carbonyl (C=O) groups excluding carboxylic acids is 4. The summed E-state index contributed by atoms with van der Waals surface area (Å²) in [5.74, 6) is -1.77. The Labute approximate surface area is 231 Å². The van der Waals surface area contributed by atoms with Crippen molar-refractivity contribution in [3.63, 3.8) is 0 Å². The van der Waals surface area contributed by atoms with Crippen LogP contribution in [-0.2, 0) is 22.6 Å². The van der Waals surface area contributed by atoms with Crippen LogP contribution in [0.1, 0.15) is 57.7 Å². The third-order valence-corrected chi connectivity index (χ3v) is 6.55. The van der Waals surface area contributed by atoms with Crippen molar-refractivity contribution in [2.45, 2.75) is 33.3 Å². The molecule has 1 heterocycles. The number of amides is 2. The Morgan fingerprint density at radius 1 is 1.02 bits per heavy atom. The molecule has 0 atom stereocenters. The molecule has 2 amide bonds. The van der Waals surface area contributed by atoms with E-state index in [2.05, 4.69) is 5.32 Å². The van der Waals surface area contributed by atoms with Gasteiger partial charge in [0.05, 0.1) is 12.1 Å². The molecular formula is C31H30N2O7. The zero-order valence-electron chi connectivity index (χ0n) is 22.5. The van der Waals surface area contributed by atoms with E-state index in [1.54, 1.807) is 42.5 Å². The Hall–Kier alpha value is -4.92. The van der Waals surface area contributed by atoms with Crippen molar-refractivity contribution in [1.29, 1.82) is 0 Å². The fourth-order valence-electron chi connectivity index (χ4n) is 4.49. The van der Waals surface area contributed by atoms with Crippen molar-refractivity contribution < 1.29 is 34.1 Å². The normalized spacial score (nSPS) is 14.3. The van der Waals surface area contributed by atoms with Crippen LogP contribution < -0.4 is 10.1 Å². The SMILES string of the molecule is CCCc1c(OCc2cccc(NC(=O)c3cccc(C(O)=C4C(=O)CN(C)C4=O)c3)c2)ccc(C(C)=O)c1O. The summed E-state index contributed by atoms with van der Waals surface area (Å²) in [6.07, 6.45) is 1.30. The van der Waals surface area contributed by atoms with E-state index in [0.29, 0.717) is 23.4 Å². The average molecular weight is 543 g/mol. The van der Waals surface area contributed by atoms with Gasteiger partial charge in [-0.2, -0.15) is 0 Å². The summed E-state index contributed by atoms with van der Waals surface area (Å²) in [5, 5.41) is 24.0. The van der Waals surface area contributed by atoms with Gasteiger partial charge in [0.15, 0.2) is 11.6 Å². The maximum atomic E-state index is 13.0. The predicted molar refractivity (Wildman–Crippen MR) is 149 cm³/mol. The van der Waals surface area contributed by atoms with Crippen LogP contribution in [0.4, 0.5) is 5.69 Å². The minimum Gasteiger partial charge on any atom is -0.507 e. The summed E-state index contributed by atoms with van der Waals surface area (Å²) in [7, 11) is 1.47. The van der Waals surface area contributed by atoms with Crippen LogP contribution in [0.5, 0.6) is 11.5 Å². The van der Waals surface area contributed by atoms with Gasteiger partial charge in [-0.15, -0.1) is 0 Å². The fourth-order valence-corrected chi connectivity index (χ4v) is 4.49. The molecule has 206 valence electrons. The summed E-state index contributed by atoms with van der Waals surface area (Å²) in [6, 6.07) is 16.3. The smallest absolute Gasteiger partial charge is 0.261 e. The van der Waals surface area contributed by atoms with Gasteiger partial charge in [0.1, 0.15) is 29.4 Å². The lowest BCUT2D eigenvalue weighted by molar-refractivity contribution is -0.123. The molecule has 9 heteroatoms. The van der Waals surface area contributed by atoms with Gasteiger partial charge in [-0.3, -0.25) is 19.2 Å². The van der Waals surface area contributed by atoms with Crippen molar-refractivity contribution in [3.05, 3.63) is 94.1 Å². The number of benzene rings is 3. The van der Waals surface area contributed by atoms with Crippen LogP contribution in [0.25, 0.3) is 5.76 Å². The number of likely N-dealkylation sites (tertiary alicyclic amines) is 1. The Morgan fingerprint density at radius 3 is 2.42 bits per heavy atom. The van der Waals surface area contributed by atoms with Crippen molar-refractivity contribution in [3.8, 4) is 11.5 Å². The lowest BCUT2D eigenvalue weighted by Crippen LogP contribution is -2.19. The molecule has 0 spiro atoms. The third kappa shape index (κ3) is 5.88. The second-order valence-corrected chi connectivity index (χ2v) is 9.58. The largest absolute Gasteiger partial charge is 0.507 e. The quantitative estimate of drug-likeness (QED) is 0.155. The third-order valence-electron chi connectivity index (χ3n) is 6.55. The second kappa shape index (κ2) is 11.9. The molecule has 3 aromatic rings. The number of rotatable bonds is 9. The lowest BCUT2D eigenvalue weighted by atomic mass is 10.0. The molecule has 1 fully saturated rings. The molecule has 0 aromatic heterocycles. The first-order valence-electron chi connectivity index (χ1n) is 12.8. The first-order chi connectivity index (χ1) is 19.1. The molecule has 0 bridgehead atoms. The van der Waals surface area contributed by atoms with Crippen molar-refractivity contribution in [1.82, 2.24) is 4.90 Å². The zero-order chi connectivity index (χ0) is 29.0. The molecule has 3 aromatic carbocycles. The number of ether oxygens (including phenoxy) is 1. The average Bonchev–Trinajstić information content (AvgIpc) is 3.19. The van der Waals surface area contributed by atoms with Gasteiger partial charge in [-0.25, -0.2) is 0 Å². The molecule has 0 radical (unpaired) electrons. The summed E-state index contributed by atoms with van der Waals surface area (Å²) in [4.78, 5) is 50.4. The molecule has 40 heavy (non-hydrogen) atoms.